The van der Waals surface area contributed by atoms with Crippen molar-refractivity contribution in [2.45, 2.75) is 6.92 Å². The number of Topliss-reactive ketones (excluding diaryl/α,β-unsaturated/α-hetero) is 2. The van der Waals surface area contributed by atoms with Gasteiger partial charge in [-0.2, -0.15) is 0 Å². The lowest BCUT2D eigenvalue weighted by atomic mass is 9.75. The Hall–Kier alpha value is -2.74. The van der Waals surface area contributed by atoms with Gasteiger partial charge in [0.1, 0.15) is 0 Å². The minimum Gasteiger partial charge on any atom is -0.293 e. The highest BCUT2D eigenvalue weighted by Crippen LogP contribution is 2.31. The number of carbonyl (C=O) groups is 2. The van der Waals surface area contributed by atoms with Crippen LogP contribution in [0.3, 0.4) is 0 Å². The number of carbonyl (C=O) groups excluding carboxylic acids is 2. The monoisotopic (exact) mass is 316 g/mol. The van der Waals surface area contributed by atoms with Gasteiger partial charge in [-0.05, 0) is 11.8 Å². The maximum atomic E-state index is 13.1. The quantitative estimate of drug-likeness (QED) is 0.569. The summed E-state index contributed by atoms with van der Waals surface area (Å²) in [5.41, 5.74) is 1.18. The number of ketones is 2. The highest BCUT2D eigenvalue weighted by Gasteiger charge is 2.36. The van der Waals surface area contributed by atoms with E-state index in [4.69, 9.17) is 0 Å². The molecule has 0 spiro atoms. The minimum absolute atomic E-state index is 0.0968. The molecule has 1 unspecified atom stereocenters. The number of allylic oxidation sites excluding steroid dienone is 4. The zero-order chi connectivity index (χ0) is 16.9. The summed E-state index contributed by atoms with van der Waals surface area (Å²) in [5, 5.41) is 0. The van der Waals surface area contributed by atoms with Crippen LogP contribution in [0.1, 0.15) is 27.6 Å². The summed E-state index contributed by atoms with van der Waals surface area (Å²) in [4.78, 5) is 26.2. The molecule has 0 heterocycles. The molecule has 1 aliphatic carbocycles. The van der Waals surface area contributed by atoms with Crippen LogP contribution in [0.2, 0.25) is 0 Å². The maximum Gasteiger partial charge on any atom is 0.173 e. The first-order valence-corrected chi connectivity index (χ1v) is 8.22. The van der Waals surface area contributed by atoms with Gasteiger partial charge >= 0.3 is 0 Å². The summed E-state index contributed by atoms with van der Waals surface area (Å²) in [6.07, 6.45) is 8.04. The highest BCUT2D eigenvalue weighted by atomic mass is 16.2. The van der Waals surface area contributed by atoms with Crippen molar-refractivity contribution in [2.24, 2.45) is 17.8 Å². The average molecular weight is 316 g/mol. The van der Waals surface area contributed by atoms with Crippen molar-refractivity contribution < 1.29 is 9.59 Å². The first-order chi connectivity index (χ1) is 11.7. The van der Waals surface area contributed by atoms with Crippen molar-refractivity contribution in [2.75, 3.05) is 0 Å². The fourth-order valence-corrected chi connectivity index (χ4v) is 3.18. The third-order valence-electron chi connectivity index (χ3n) is 4.59. The molecule has 0 radical (unpaired) electrons. The zero-order valence-electron chi connectivity index (χ0n) is 13.6. The molecule has 0 aromatic heterocycles. The van der Waals surface area contributed by atoms with E-state index >= 15 is 0 Å². The van der Waals surface area contributed by atoms with Crippen molar-refractivity contribution in [1.82, 2.24) is 0 Å². The van der Waals surface area contributed by atoms with Crippen molar-refractivity contribution in [3.05, 3.63) is 96.1 Å². The van der Waals surface area contributed by atoms with Gasteiger partial charge in [-0.25, -0.2) is 0 Å². The molecule has 0 bridgehead atoms. The standard InChI is InChI=1S/C22H20O2/c1-16(17-10-8-9-11-17)20(21(23)18-12-4-2-5-13-18)22(24)19-14-6-3-7-15-19/h2-17,20H,1H3. The maximum absolute atomic E-state index is 13.1. The van der Waals surface area contributed by atoms with Gasteiger partial charge in [0.2, 0.25) is 0 Å². The second kappa shape index (κ2) is 7.22. The Balaban J connectivity index is 1.97. The van der Waals surface area contributed by atoms with Gasteiger partial charge in [0.15, 0.2) is 11.6 Å². The van der Waals surface area contributed by atoms with Crippen LogP contribution >= 0.6 is 0 Å². The number of rotatable bonds is 6. The average Bonchev–Trinajstić information content (AvgIpc) is 3.18. The van der Waals surface area contributed by atoms with Crippen molar-refractivity contribution in [3.8, 4) is 0 Å². The van der Waals surface area contributed by atoms with E-state index in [0.717, 1.165) is 0 Å². The van der Waals surface area contributed by atoms with Gasteiger partial charge < -0.3 is 0 Å². The molecular weight excluding hydrogens is 296 g/mol. The first kappa shape index (κ1) is 16.1. The van der Waals surface area contributed by atoms with Crippen LogP contribution in [0.5, 0.6) is 0 Å². The Labute approximate surface area is 142 Å². The molecule has 0 saturated carbocycles. The highest BCUT2D eigenvalue weighted by molar-refractivity contribution is 6.16. The number of benzene rings is 2. The van der Waals surface area contributed by atoms with Gasteiger partial charge in [-0.3, -0.25) is 9.59 Å². The van der Waals surface area contributed by atoms with Gasteiger partial charge in [-0.1, -0.05) is 91.9 Å². The summed E-state index contributed by atoms with van der Waals surface area (Å²) in [7, 11) is 0. The molecule has 0 amide bonds. The number of hydrogen-bond acceptors (Lipinski definition) is 2. The molecule has 2 nitrogen and oxygen atoms in total. The molecule has 0 N–H and O–H groups in total. The van der Waals surface area contributed by atoms with E-state index in [-0.39, 0.29) is 23.4 Å². The second-order valence-corrected chi connectivity index (χ2v) is 6.14. The molecule has 0 aliphatic heterocycles. The molecule has 0 fully saturated rings. The molecule has 2 aromatic carbocycles. The van der Waals surface area contributed by atoms with Crippen molar-refractivity contribution in [3.63, 3.8) is 0 Å². The summed E-state index contributed by atoms with van der Waals surface area (Å²) < 4.78 is 0. The minimum atomic E-state index is -0.688. The third kappa shape index (κ3) is 3.28. The van der Waals surface area contributed by atoms with E-state index in [2.05, 4.69) is 0 Å². The fourth-order valence-electron chi connectivity index (χ4n) is 3.18. The Kier molecular flexibility index (Phi) is 4.85. The van der Waals surface area contributed by atoms with E-state index in [0.29, 0.717) is 11.1 Å². The van der Waals surface area contributed by atoms with Crippen LogP contribution < -0.4 is 0 Å². The normalized spacial score (nSPS) is 14.9. The lowest BCUT2D eigenvalue weighted by Gasteiger charge is -2.25. The Morgan fingerprint density at radius 2 is 1.17 bits per heavy atom. The molecule has 2 aromatic rings. The molecule has 2 heteroatoms. The predicted molar refractivity (Wildman–Crippen MR) is 96.0 cm³/mol. The van der Waals surface area contributed by atoms with E-state index in [1.165, 1.54) is 0 Å². The molecule has 0 saturated heterocycles. The van der Waals surface area contributed by atoms with Gasteiger partial charge in [0, 0.05) is 11.1 Å². The molecule has 1 atom stereocenters. The Bertz CT molecular complexity index is 709. The predicted octanol–water partition coefficient (Wildman–Crippen LogP) is 4.75. The van der Waals surface area contributed by atoms with E-state index in [1.807, 2.05) is 67.6 Å². The topological polar surface area (TPSA) is 34.1 Å². The van der Waals surface area contributed by atoms with Crippen molar-refractivity contribution >= 4 is 11.6 Å². The Morgan fingerprint density at radius 1 is 0.750 bits per heavy atom. The lowest BCUT2D eigenvalue weighted by Crippen LogP contribution is -2.33. The summed E-state index contributed by atoms with van der Waals surface area (Å²) in [5.74, 6) is -0.890. The van der Waals surface area contributed by atoms with E-state index in [1.54, 1.807) is 24.3 Å². The molecule has 1 aliphatic rings. The van der Waals surface area contributed by atoms with Crippen LogP contribution in [0, 0.1) is 17.8 Å². The molecule has 24 heavy (non-hydrogen) atoms. The van der Waals surface area contributed by atoms with Gasteiger partial charge in [0.05, 0.1) is 5.92 Å². The van der Waals surface area contributed by atoms with Gasteiger partial charge in [-0.15, -0.1) is 0 Å². The lowest BCUT2D eigenvalue weighted by molar-refractivity contribution is 0.0746. The zero-order valence-corrected chi connectivity index (χ0v) is 13.6. The largest absolute Gasteiger partial charge is 0.293 e. The van der Waals surface area contributed by atoms with Crippen LogP contribution in [0.25, 0.3) is 0 Å². The Morgan fingerprint density at radius 3 is 1.58 bits per heavy atom. The molecular formula is C22H20O2. The second-order valence-electron chi connectivity index (χ2n) is 6.14. The van der Waals surface area contributed by atoms with Crippen LogP contribution in [0.4, 0.5) is 0 Å². The third-order valence-corrected chi connectivity index (χ3v) is 4.59. The summed E-state index contributed by atoms with van der Waals surface area (Å²) in [6, 6.07) is 18.2. The molecule has 3 rings (SSSR count). The van der Waals surface area contributed by atoms with Gasteiger partial charge in [0.25, 0.3) is 0 Å². The van der Waals surface area contributed by atoms with E-state index in [9.17, 15) is 9.59 Å². The number of hydrogen-bond donors (Lipinski definition) is 0. The molecule has 120 valence electrons. The van der Waals surface area contributed by atoms with Crippen LogP contribution in [-0.2, 0) is 0 Å². The van der Waals surface area contributed by atoms with Crippen LogP contribution in [0.15, 0.2) is 85.0 Å². The summed E-state index contributed by atoms with van der Waals surface area (Å²) >= 11 is 0. The first-order valence-electron chi connectivity index (χ1n) is 8.22. The smallest absolute Gasteiger partial charge is 0.173 e. The van der Waals surface area contributed by atoms with Crippen molar-refractivity contribution in [1.29, 1.82) is 0 Å². The summed E-state index contributed by atoms with van der Waals surface area (Å²) in [6.45, 7) is 1.98. The SMILES string of the molecule is CC(C1C=CC=C1)C(C(=O)c1ccccc1)C(=O)c1ccccc1. The van der Waals surface area contributed by atoms with E-state index < -0.39 is 5.92 Å². The van der Waals surface area contributed by atoms with Crippen LogP contribution in [-0.4, -0.2) is 11.6 Å². The fraction of sp³-hybridized carbons (Fsp3) is 0.182.